The van der Waals surface area contributed by atoms with Crippen LogP contribution >= 0.6 is 0 Å². The van der Waals surface area contributed by atoms with Crippen molar-refractivity contribution in [3.05, 3.63) is 24.0 Å². The maximum atomic E-state index is 13.5. The van der Waals surface area contributed by atoms with E-state index in [1.807, 2.05) is 6.92 Å². The highest BCUT2D eigenvalue weighted by molar-refractivity contribution is 6.58. The molecule has 0 unspecified atom stereocenters. The highest BCUT2D eigenvalue weighted by atomic mass is 19.1. The molecule has 0 saturated heterocycles. The van der Waals surface area contributed by atoms with Gasteiger partial charge in [0.1, 0.15) is 0 Å². The molecule has 5 heteroatoms. The van der Waals surface area contributed by atoms with Gasteiger partial charge in [-0.05, 0) is 12.5 Å². The molecule has 0 aliphatic carbocycles. The van der Waals surface area contributed by atoms with Crippen molar-refractivity contribution < 1.29 is 19.2 Å². The summed E-state index contributed by atoms with van der Waals surface area (Å²) in [5, 5.41) is 17.7. The zero-order valence-corrected chi connectivity index (χ0v) is 8.61. The molecule has 0 radical (unpaired) electrons. The lowest BCUT2D eigenvalue weighted by atomic mass is 9.80. The fourth-order valence-electron chi connectivity index (χ4n) is 1.17. The molecule has 82 valence electrons. The molecule has 0 aromatic heterocycles. The van der Waals surface area contributed by atoms with Crippen LogP contribution in [0.1, 0.15) is 19.8 Å². The first-order valence-corrected chi connectivity index (χ1v) is 4.94. The molecule has 0 bridgehead atoms. The second-order valence-electron chi connectivity index (χ2n) is 3.24. The van der Waals surface area contributed by atoms with E-state index in [0.717, 1.165) is 12.8 Å². The monoisotopic (exact) mass is 212 g/mol. The average Bonchev–Trinajstić information content (AvgIpc) is 2.20. The van der Waals surface area contributed by atoms with E-state index in [1.54, 1.807) is 0 Å². The molecule has 2 N–H and O–H groups in total. The van der Waals surface area contributed by atoms with Crippen molar-refractivity contribution in [2.75, 3.05) is 6.61 Å². The normalized spacial score (nSPS) is 10.1. The topological polar surface area (TPSA) is 49.7 Å². The summed E-state index contributed by atoms with van der Waals surface area (Å²) in [6.45, 7) is 2.44. The van der Waals surface area contributed by atoms with E-state index in [9.17, 15) is 4.39 Å². The Morgan fingerprint density at radius 3 is 2.73 bits per heavy atom. The summed E-state index contributed by atoms with van der Waals surface area (Å²) < 4.78 is 18.7. The van der Waals surface area contributed by atoms with Crippen LogP contribution in [-0.4, -0.2) is 23.8 Å². The average molecular weight is 212 g/mol. The van der Waals surface area contributed by atoms with Gasteiger partial charge in [-0.15, -0.1) is 0 Å². The lowest BCUT2D eigenvalue weighted by Gasteiger charge is -2.09. The first-order valence-electron chi connectivity index (χ1n) is 4.94. The molecule has 0 fully saturated rings. The summed E-state index contributed by atoms with van der Waals surface area (Å²) >= 11 is 0. The van der Waals surface area contributed by atoms with Gasteiger partial charge in [0.25, 0.3) is 0 Å². The van der Waals surface area contributed by atoms with E-state index in [0.29, 0.717) is 6.61 Å². The van der Waals surface area contributed by atoms with Crippen molar-refractivity contribution in [2.24, 2.45) is 0 Å². The summed E-state index contributed by atoms with van der Waals surface area (Å²) in [5.74, 6) is -0.641. The van der Waals surface area contributed by atoms with E-state index >= 15 is 0 Å². The molecule has 0 heterocycles. The number of halogens is 1. The number of hydrogen-bond donors (Lipinski definition) is 2. The minimum Gasteiger partial charge on any atom is -0.491 e. The number of benzene rings is 1. The Morgan fingerprint density at radius 2 is 2.13 bits per heavy atom. The Balaban J connectivity index is 2.75. The summed E-state index contributed by atoms with van der Waals surface area (Å²) in [5.41, 5.74) is -0.163. The summed E-state index contributed by atoms with van der Waals surface area (Å²) in [4.78, 5) is 0. The maximum absolute atomic E-state index is 13.5. The van der Waals surface area contributed by atoms with Gasteiger partial charge >= 0.3 is 7.12 Å². The van der Waals surface area contributed by atoms with E-state index < -0.39 is 12.9 Å². The van der Waals surface area contributed by atoms with Gasteiger partial charge in [0, 0.05) is 5.46 Å². The fraction of sp³-hybridized carbons (Fsp3) is 0.400. The van der Waals surface area contributed by atoms with Crippen molar-refractivity contribution in [1.82, 2.24) is 0 Å². The molecule has 0 saturated carbocycles. The Labute approximate surface area is 88.7 Å². The van der Waals surface area contributed by atoms with Gasteiger partial charge in [-0.1, -0.05) is 25.5 Å². The summed E-state index contributed by atoms with van der Waals surface area (Å²) in [6, 6.07) is 4.31. The van der Waals surface area contributed by atoms with Crippen molar-refractivity contribution in [1.29, 1.82) is 0 Å². The molecule has 15 heavy (non-hydrogen) atoms. The Kier molecular flexibility index (Phi) is 4.58. The first kappa shape index (κ1) is 12.0. The number of unbranched alkanes of at least 4 members (excludes halogenated alkanes) is 1. The van der Waals surface area contributed by atoms with E-state index in [2.05, 4.69) is 0 Å². The molecule has 3 nitrogen and oxygen atoms in total. The van der Waals surface area contributed by atoms with E-state index in [-0.39, 0.29) is 11.2 Å². The molecule has 0 spiro atoms. The smallest absolute Gasteiger partial charge is 0.491 e. The third-order valence-electron chi connectivity index (χ3n) is 2.03. The van der Waals surface area contributed by atoms with Crippen molar-refractivity contribution in [3.63, 3.8) is 0 Å². The predicted molar refractivity (Wildman–Crippen MR) is 56.6 cm³/mol. The van der Waals surface area contributed by atoms with Gasteiger partial charge in [0.2, 0.25) is 0 Å². The van der Waals surface area contributed by atoms with Crippen LogP contribution in [0.2, 0.25) is 0 Å². The van der Waals surface area contributed by atoms with Crippen LogP contribution in [0.15, 0.2) is 18.2 Å². The quantitative estimate of drug-likeness (QED) is 0.557. The zero-order chi connectivity index (χ0) is 11.3. The van der Waals surface area contributed by atoms with Gasteiger partial charge in [-0.2, -0.15) is 0 Å². The largest absolute Gasteiger partial charge is 0.491 e. The SMILES string of the molecule is CCCCOc1cccc(B(O)O)c1F. The molecule has 1 aromatic carbocycles. The van der Waals surface area contributed by atoms with Crippen LogP contribution in [0.4, 0.5) is 4.39 Å². The molecule has 0 aliphatic rings. The molecule has 0 amide bonds. The molecule has 1 aromatic rings. The Morgan fingerprint density at radius 1 is 1.40 bits per heavy atom. The van der Waals surface area contributed by atoms with Crippen LogP contribution in [0, 0.1) is 5.82 Å². The van der Waals surface area contributed by atoms with Crippen LogP contribution < -0.4 is 10.2 Å². The second-order valence-corrected chi connectivity index (χ2v) is 3.24. The van der Waals surface area contributed by atoms with Crippen LogP contribution in [-0.2, 0) is 0 Å². The van der Waals surface area contributed by atoms with Gasteiger partial charge in [-0.3, -0.25) is 0 Å². The fourth-order valence-corrected chi connectivity index (χ4v) is 1.17. The van der Waals surface area contributed by atoms with Crippen molar-refractivity contribution >= 4 is 12.6 Å². The van der Waals surface area contributed by atoms with Crippen molar-refractivity contribution in [3.8, 4) is 5.75 Å². The predicted octanol–water partition coefficient (Wildman–Crippen LogP) is 0.684. The zero-order valence-electron chi connectivity index (χ0n) is 8.61. The van der Waals surface area contributed by atoms with E-state index in [1.165, 1.54) is 18.2 Å². The van der Waals surface area contributed by atoms with E-state index in [4.69, 9.17) is 14.8 Å². The lowest BCUT2D eigenvalue weighted by molar-refractivity contribution is 0.294. The maximum Gasteiger partial charge on any atom is 0.491 e. The van der Waals surface area contributed by atoms with Gasteiger partial charge in [0.05, 0.1) is 6.61 Å². The molecular weight excluding hydrogens is 198 g/mol. The standard InChI is InChI=1S/C10H14BFO3/c1-2-3-7-15-9-6-4-5-8(10(9)12)11(13)14/h4-6,13-14H,2-3,7H2,1H3. The number of ether oxygens (including phenoxy) is 1. The minimum absolute atomic E-state index is 0.0639. The molecule has 0 aliphatic heterocycles. The molecule has 0 atom stereocenters. The second kappa shape index (κ2) is 5.73. The third-order valence-corrected chi connectivity index (χ3v) is 2.03. The highest BCUT2D eigenvalue weighted by Crippen LogP contribution is 2.14. The van der Waals surface area contributed by atoms with Crippen LogP contribution in [0.25, 0.3) is 0 Å². The first-order chi connectivity index (χ1) is 7.16. The Hall–Kier alpha value is -1.07. The number of rotatable bonds is 5. The summed E-state index contributed by atoms with van der Waals surface area (Å²) in [7, 11) is -1.81. The van der Waals surface area contributed by atoms with Gasteiger partial charge in [-0.25, -0.2) is 4.39 Å². The minimum atomic E-state index is -1.81. The Bertz CT molecular complexity index is 318. The highest BCUT2D eigenvalue weighted by Gasteiger charge is 2.19. The summed E-state index contributed by atoms with van der Waals surface area (Å²) in [6.07, 6.45) is 1.80. The van der Waals surface area contributed by atoms with Gasteiger partial charge < -0.3 is 14.8 Å². The van der Waals surface area contributed by atoms with Crippen LogP contribution in [0.3, 0.4) is 0 Å². The van der Waals surface area contributed by atoms with Gasteiger partial charge in [0.15, 0.2) is 11.6 Å². The third kappa shape index (κ3) is 3.21. The van der Waals surface area contributed by atoms with Crippen molar-refractivity contribution in [2.45, 2.75) is 19.8 Å². The lowest BCUT2D eigenvalue weighted by Crippen LogP contribution is -2.32. The molecule has 1 rings (SSSR count). The van der Waals surface area contributed by atoms with Crippen LogP contribution in [0.5, 0.6) is 5.75 Å². The number of hydrogen-bond acceptors (Lipinski definition) is 3. The molecular formula is C10H14BFO3.